The fourth-order valence-corrected chi connectivity index (χ4v) is 4.77. The third-order valence-electron chi connectivity index (χ3n) is 6.34. The highest BCUT2D eigenvalue weighted by Crippen LogP contribution is 2.45. The molecular formula is C21H30N2O4. The van der Waals surface area contributed by atoms with Crippen molar-refractivity contribution >= 4 is 5.91 Å². The third-order valence-corrected chi connectivity index (χ3v) is 6.34. The topological polar surface area (TPSA) is 60.0 Å². The summed E-state index contributed by atoms with van der Waals surface area (Å²) in [6.45, 7) is 3.14. The number of rotatable bonds is 3. The van der Waals surface area contributed by atoms with Gasteiger partial charge in [0.15, 0.2) is 11.5 Å². The molecule has 6 heteroatoms. The van der Waals surface area contributed by atoms with Crippen LogP contribution in [0.1, 0.15) is 43.2 Å². The van der Waals surface area contributed by atoms with Crippen molar-refractivity contribution in [2.75, 3.05) is 40.5 Å². The molecule has 6 nitrogen and oxygen atoms in total. The van der Waals surface area contributed by atoms with E-state index in [1.165, 1.54) is 17.5 Å². The molecule has 0 radical (unpaired) electrons. The van der Waals surface area contributed by atoms with Gasteiger partial charge in [-0.15, -0.1) is 0 Å². The van der Waals surface area contributed by atoms with E-state index < -0.39 is 0 Å². The molecule has 0 unspecified atom stereocenters. The number of nitrogens with zero attached hydrogens (tertiary/aromatic N) is 1. The van der Waals surface area contributed by atoms with Crippen molar-refractivity contribution in [3.05, 3.63) is 23.3 Å². The molecule has 0 bridgehead atoms. The minimum absolute atomic E-state index is 0.00304. The molecule has 3 aliphatic heterocycles. The first-order chi connectivity index (χ1) is 13.2. The highest BCUT2D eigenvalue weighted by Gasteiger charge is 2.43. The number of carbonyl (C=O) groups excluding carboxylic acids is 1. The summed E-state index contributed by atoms with van der Waals surface area (Å²) in [7, 11) is 3.34. The van der Waals surface area contributed by atoms with Crippen molar-refractivity contribution in [1.29, 1.82) is 0 Å². The van der Waals surface area contributed by atoms with Gasteiger partial charge in [0.25, 0.3) is 0 Å². The Morgan fingerprint density at radius 2 is 1.93 bits per heavy atom. The number of methoxy groups -OCH3 is 2. The number of hydrogen-bond donors (Lipinski definition) is 1. The highest BCUT2D eigenvalue weighted by atomic mass is 16.5. The van der Waals surface area contributed by atoms with Crippen LogP contribution < -0.4 is 14.8 Å². The normalized spacial score (nSPS) is 24.4. The predicted octanol–water partition coefficient (Wildman–Crippen LogP) is 2.24. The first kappa shape index (κ1) is 18.6. The molecule has 27 heavy (non-hydrogen) atoms. The Morgan fingerprint density at radius 1 is 1.19 bits per heavy atom. The maximum Gasteiger partial charge on any atom is 0.239 e. The number of fused-ring (bicyclic) bond motifs is 2. The van der Waals surface area contributed by atoms with Crippen LogP contribution in [-0.4, -0.2) is 57.3 Å². The zero-order valence-electron chi connectivity index (χ0n) is 16.4. The van der Waals surface area contributed by atoms with E-state index in [-0.39, 0.29) is 17.6 Å². The Kier molecular flexibility index (Phi) is 5.28. The molecule has 1 N–H and O–H groups in total. The summed E-state index contributed by atoms with van der Waals surface area (Å²) >= 11 is 0. The third kappa shape index (κ3) is 3.41. The smallest absolute Gasteiger partial charge is 0.239 e. The average Bonchev–Trinajstić information content (AvgIpc) is 2.74. The van der Waals surface area contributed by atoms with Gasteiger partial charge in [-0.05, 0) is 61.9 Å². The maximum absolute atomic E-state index is 12.8. The minimum Gasteiger partial charge on any atom is -0.493 e. The second-order valence-electron chi connectivity index (χ2n) is 7.78. The SMILES string of the molecule is COc1cc2c(cc1OC)C1(CCN(C(=O)[C@H]3CCCCN3)CC1)OCC2. The van der Waals surface area contributed by atoms with Crippen molar-refractivity contribution in [3.63, 3.8) is 0 Å². The zero-order valence-corrected chi connectivity index (χ0v) is 16.4. The number of amides is 1. The minimum atomic E-state index is -0.316. The van der Waals surface area contributed by atoms with Crippen LogP contribution in [0.4, 0.5) is 0 Å². The summed E-state index contributed by atoms with van der Waals surface area (Å²) in [6.07, 6.45) is 5.80. The lowest BCUT2D eigenvalue weighted by molar-refractivity contribution is -0.143. The molecule has 1 atom stereocenters. The van der Waals surface area contributed by atoms with Crippen molar-refractivity contribution < 1.29 is 19.0 Å². The number of benzene rings is 1. The van der Waals surface area contributed by atoms with Gasteiger partial charge < -0.3 is 24.4 Å². The van der Waals surface area contributed by atoms with Crippen LogP contribution in [0.5, 0.6) is 11.5 Å². The molecule has 4 rings (SSSR count). The lowest BCUT2D eigenvalue weighted by Crippen LogP contribution is -2.54. The first-order valence-corrected chi connectivity index (χ1v) is 10.1. The van der Waals surface area contributed by atoms with E-state index in [9.17, 15) is 4.79 Å². The van der Waals surface area contributed by atoms with Gasteiger partial charge in [0, 0.05) is 13.1 Å². The predicted molar refractivity (Wildman–Crippen MR) is 102 cm³/mol. The van der Waals surface area contributed by atoms with Gasteiger partial charge in [-0.3, -0.25) is 4.79 Å². The van der Waals surface area contributed by atoms with Gasteiger partial charge in [0.05, 0.1) is 32.5 Å². The van der Waals surface area contributed by atoms with Gasteiger partial charge in [-0.2, -0.15) is 0 Å². The van der Waals surface area contributed by atoms with Crippen LogP contribution >= 0.6 is 0 Å². The lowest BCUT2D eigenvalue weighted by Gasteiger charge is -2.46. The quantitative estimate of drug-likeness (QED) is 0.879. The average molecular weight is 374 g/mol. The Labute approximate surface area is 161 Å². The Balaban J connectivity index is 1.52. The number of ether oxygens (including phenoxy) is 3. The molecule has 2 fully saturated rings. The molecule has 1 aromatic rings. The van der Waals surface area contributed by atoms with E-state index in [1.807, 2.05) is 4.90 Å². The van der Waals surface area contributed by atoms with E-state index in [2.05, 4.69) is 17.4 Å². The number of carbonyl (C=O) groups is 1. The van der Waals surface area contributed by atoms with Crippen LogP contribution in [0.15, 0.2) is 12.1 Å². The summed E-state index contributed by atoms with van der Waals surface area (Å²) in [5, 5.41) is 3.38. The van der Waals surface area contributed by atoms with E-state index >= 15 is 0 Å². The summed E-state index contributed by atoms with van der Waals surface area (Å²) in [5.41, 5.74) is 2.16. The van der Waals surface area contributed by atoms with Crippen molar-refractivity contribution in [1.82, 2.24) is 10.2 Å². The van der Waals surface area contributed by atoms with Crippen LogP contribution in [0.2, 0.25) is 0 Å². The number of hydrogen-bond acceptors (Lipinski definition) is 5. The molecule has 0 aliphatic carbocycles. The monoisotopic (exact) mass is 374 g/mol. The largest absolute Gasteiger partial charge is 0.493 e. The lowest BCUT2D eigenvalue weighted by atomic mass is 9.79. The fourth-order valence-electron chi connectivity index (χ4n) is 4.77. The van der Waals surface area contributed by atoms with Crippen molar-refractivity contribution in [3.8, 4) is 11.5 Å². The molecule has 0 aromatic heterocycles. The number of nitrogens with one attached hydrogen (secondary N) is 1. The van der Waals surface area contributed by atoms with Crippen LogP contribution in [-0.2, 0) is 21.6 Å². The summed E-state index contributed by atoms with van der Waals surface area (Å²) in [4.78, 5) is 14.9. The van der Waals surface area contributed by atoms with E-state index in [0.29, 0.717) is 6.61 Å². The summed E-state index contributed by atoms with van der Waals surface area (Å²) in [5.74, 6) is 1.77. The molecular weight excluding hydrogens is 344 g/mol. The molecule has 1 amide bonds. The van der Waals surface area contributed by atoms with Crippen LogP contribution in [0.25, 0.3) is 0 Å². The van der Waals surface area contributed by atoms with Gasteiger partial charge in [-0.25, -0.2) is 0 Å². The van der Waals surface area contributed by atoms with E-state index in [1.54, 1.807) is 14.2 Å². The second-order valence-corrected chi connectivity index (χ2v) is 7.78. The van der Waals surface area contributed by atoms with Gasteiger partial charge in [-0.1, -0.05) is 6.42 Å². The summed E-state index contributed by atoms with van der Waals surface area (Å²) < 4.78 is 17.3. The van der Waals surface area contributed by atoms with E-state index in [4.69, 9.17) is 14.2 Å². The van der Waals surface area contributed by atoms with Crippen molar-refractivity contribution in [2.45, 2.75) is 50.2 Å². The molecule has 148 valence electrons. The Bertz CT molecular complexity index is 692. The maximum atomic E-state index is 12.8. The Morgan fingerprint density at radius 3 is 2.59 bits per heavy atom. The zero-order chi connectivity index (χ0) is 18.9. The highest BCUT2D eigenvalue weighted by molar-refractivity contribution is 5.82. The number of piperidine rings is 2. The second kappa shape index (κ2) is 7.68. The van der Waals surface area contributed by atoms with E-state index in [0.717, 1.165) is 63.2 Å². The number of likely N-dealkylation sites (tertiary alicyclic amines) is 1. The molecule has 3 heterocycles. The van der Waals surface area contributed by atoms with Gasteiger partial charge in [0.2, 0.25) is 5.91 Å². The van der Waals surface area contributed by atoms with Crippen LogP contribution in [0, 0.1) is 0 Å². The Hall–Kier alpha value is -1.79. The van der Waals surface area contributed by atoms with Gasteiger partial charge in [0.1, 0.15) is 0 Å². The fraction of sp³-hybridized carbons (Fsp3) is 0.667. The molecule has 0 saturated carbocycles. The molecule has 1 aromatic carbocycles. The first-order valence-electron chi connectivity index (χ1n) is 10.1. The van der Waals surface area contributed by atoms with Crippen LogP contribution in [0.3, 0.4) is 0 Å². The standard InChI is InChI=1S/C21H30N2O4/c1-25-18-13-15-6-12-27-21(16(15)14-19(18)26-2)7-10-23(11-8-21)20(24)17-5-3-4-9-22-17/h13-14,17,22H,3-12H2,1-2H3/t17-/m1/s1. The van der Waals surface area contributed by atoms with Crippen molar-refractivity contribution in [2.24, 2.45) is 0 Å². The van der Waals surface area contributed by atoms with Gasteiger partial charge >= 0.3 is 0 Å². The summed E-state index contributed by atoms with van der Waals surface area (Å²) in [6, 6.07) is 4.16. The molecule has 2 saturated heterocycles. The molecule has 3 aliphatic rings. The molecule has 1 spiro atoms.